The van der Waals surface area contributed by atoms with Crippen LogP contribution >= 0.6 is 11.3 Å². The van der Waals surface area contributed by atoms with Gasteiger partial charge >= 0.3 is 0 Å². The van der Waals surface area contributed by atoms with Crippen molar-refractivity contribution in [2.45, 2.75) is 37.6 Å². The minimum Gasteiger partial charge on any atom is -0.371 e. The molecule has 4 rings (SSSR count). The number of nitrogens with zero attached hydrogens (tertiary/aromatic N) is 3. The topological polar surface area (TPSA) is 104 Å². The Hall–Kier alpha value is -2.82. The number of anilines is 2. The molecule has 33 heavy (non-hydrogen) atoms. The molecule has 1 aliphatic heterocycles. The van der Waals surface area contributed by atoms with Crippen molar-refractivity contribution in [1.82, 2.24) is 14.9 Å². The third kappa shape index (κ3) is 5.95. The maximum absolute atomic E-state index is 12.6. The van der Waals surface area contributed by atoms with Gasteiger partial charge in [-0.2, -0.15) is 0 Å². The lowest BCUT2D eigenvalue weighted by Gasteiger charge is -2.32. The first kappa shape index (κ1) is 23.3. The number of benzene rings is 2. The second-order valence-corrected chi connectivity index (χ2v) is 11.3. The quantitative estimate of drug-likeness (QED) is 0.493. The molecule has 0 spiro atoms. The zero-order chi connectivity index (χ0) is 23.4. The molecule has 0 saturated carbocycles. The maximum Gasteiger partial charge on any atom is 0.270 e. The van der Waals surface area contributed by atoms with Crippen molar-refractivity contribution in [1.29, 1.82) is 0 Å². The van der Waals surface area contributed by atoms with E-state index in [-0.39, 0.29) is 21.9 Å². The minimum atomic E-state index is -3.85. The molecule has 2 N–H and O–H groups in total. The average Bonchev–Trinajstić information content (AvgIpc) is 3.28. The second kappa shape index (κ2) is 9.98. The van der Waals surface area contributed by atoms with Crippen LogP contribution in [0.2, 0.25) is 0 Å². The van der Waals surface area contributed by atoms with Crippen LogP contribution in [0.4, 0.5) is 10.8 Å². The molecule has 0 aliphatic carbocycles. The number of amides is 1. The van der Waals surface area contributed by atoms with Crippen LogP contribution in [-0.2, 0) is 16.6 Å². The Morgan fingerprint density at radius 2 is 1.85 bits per heavy atom. The largest absolute Gasteiger partial charge is 0.371 e. The van der Waals surface area contributed by atoms with Crippen LogP contribution in [0.5, 0.6) is 0 Å². The summed E-state index contributed by atoms with van der Waals surface area (Å²) in [6, 6.07) is 15.0. The number of hydrogen-bond donors (Lipinski definition) is 2. The number of carbonyl (C=O) groups is 1. The Morgan fingerprint density at radius 1 is 1.12 bits per heavy atom. The number of hydrogen-bond acceptors (Lipinski definition) is 7. The fourth-order valence-corrected chi connectivity index (χ4v) is 5.69. The van der Waals surface area contributed by atoms with E-state index in [0.29, 0.717) is 11.5 Å². The lowest BCUT2D eigenvalue weighted by molar-refractivity contribution is 0.102. The van der Waals surface area contributed by atoms with Gasteiger partial charge in [0.1, 0.15) is 0 Å². The van der Waals surface area contributed by atoms with E-state index in [2.05, 4.69) is 32.1 Å². The summed E-state index contributed by atoms with van der Waals surface area (Å²) in [5, 5.41) is 10.3. The molecule has 10 heteroatoms. The molecule has 1 aromatic heterocycles. The van der Waals surface area contributed by atoms with Crippen molar-refractivity contribution in [3.63, 3.8) is 0 Å². The third-order valence-corrected chi connectivity index (χ3v) is 8.20. The standard InChI is InChI=1S/C23H27N5O3S2/c1-16-5-9-19(10-6-16)21(29)25-22-26-27-23(32-22)33(30,31)24-14-18-7-11-20(12-8-18)28-13-3-4-17(2)15-28/h5-12,17,24H,3-4,13-15H2,1-2H3,(H,25,26,29)/t17-/m1/s1. The van der Waals surface area contributed by atoms with Gasteiger partial charge in [0.25, 0.3) is 15.9 Å². The molecule has 174 valence electrons. The molecule has 1 saturated heterocycles. The van der Waals surface area contributed by atoms with E-state index >= 15 is 0 Å². The zero-order valence-electron chi connectivity index (χ0n) is 18.6. The van der Waals surface area contributed by atoms with Gasteiger partial charge in [-0.3, -0.25) is 10.1 Å². The molecule has 1 aliphatic rings. The van der Waals surface area contributed by atoms with Crippen molar-refractivity contribution >= 4 is 38.1 Å². The Labute approximate surface area is 198 Å². The Bertz CT molecular complexity index is 1210. The molecule has 3 aromatic rings. The summed E-state index contributed by atoms with van der Waals surface area (Å²) >= 11 is 0.811. The highest BCUT2D eigenvalue weighted by atomic mass is 32.2. The SMILES string of the molecule is Cc1ccc(C(=O)Nc2nnc(S(=O)(=O)NCc3ccc(N4CCC[C@@H](C)C4)cc3)s2)cc1. The van der Waals surface area contributed by atoms with Crippen molar-refractivity contribution in [3.8, 4) is 0 Å². The summed E-state index contributed by atoms with van der Waals surface area (Å²) < 4.78 is 27.6. The number of aryl methyl sites for hydroxylation is 1. The number of rotatable bonds is 7. The van der Waals surface area contributed by atoms with Crippen molar-refractivity contribution in [2.75, 3.05) is 23.3 Å². The normalized spacial score (nSPS) is 16.5. The van der Waals surface area contributed by atoms with Crippen molar-refractivity contribution in [2.24, 2.45) is 5.92 Å². The summed E-state index contributed by atoms with van der Waals surface area (Å²) in [6.45, 7) is 6.44. The summed E-state index contributed by atoms with van der Waals surface area (Å²) in [6.07, 6.45) is 2.46. The highest BCUT2D eigenvalue weighted by Gasteiger charge is 2.21. The molecule has 2 aromatic carbocycles. The molecule has 2 heterocycles. The molecule has 1 amide bonds. The predicted molar refractivity (Wildman–Crippen MR) is 130 cm³/mol. The highest BCUT2D eigenvalue weighted by molar-refractivity contribution is 7.91. The molecule has 0 radical (unpaired) electrons. The molecule has 0 unspecified atom stereocenters. The Balaban J connectivity index is 1.35. The number of sulfonamides is 1. The van der Waals surface area contributed by atoms with Gasteiger partial charge in [0.05, 0.1) is 0 Å². The second-order valence-electron chi connectivity index (χ2n) is 8.38. The molecule has 0 bridgehead atoms. The van der Waals surface area contributed by atoms with E-state index in [4.69, 9.17) is 0 Å². The molecule has 1 fully saturated rings. The minimum absolute atomic E-state index is 0.126. The van der Waals surface area contributed by atoms with Crippen LogP contribution < -0.4 is 14.9 Å². The van der Waals surface area contributed by atoms with E-state index in [1.807, 2.05) is 43.3 Å². The first-order valence-corrected chi connectivity index (χ1v) is 13.2. The monoisotopic (exact) mass is 485 g/mol. The summed E-state index contributed by atoms with van der Waals surface area (Å²) in [5.74, 6) is 0.315. The summed E-state index contributed by atoms with van der Waals surface area (Å²) in [5.41, 5.74) is 3.51. The zero-order valence-corrected chi connectivity index (χ0v) is 20.2. The summed E-state index contributed by atoms with van der Waals surface area (Å²) in [4.78, 5) is 14.7. The van der Waals surface area contributed by atoms with Crippen molar-refractivity contribution < 1.29 is 13.2 Å². The smallest absolute Gasteiger partial charge is 0.270 e. The number of carbonyl (C=O) groups excluding carboxylic acids is 1. The van der Waals surface area contributed by atoms with Crippen LogP contribution in [0.25, 0.3) is 0 Å². The Kier molecular flexibility index (Phi) is 7.06. The van der Waals surface area contributed by atoms with Gasteiger partial charge in [-0.1, -0.05) is 48.1 Å². The van der Waals surface area contributed by atoms with Gasteiger partial charge in [-0.25, -0.2) is 13.1 Å². The average molecular weight is 486 g/mol. The van der Waals surface area contributed by atoms with E-state index in [1.54, 1.807) is 12.1 Å². The van der Waals surface area contributed by atoms with Crippen LogP contribution in [0.1, 0.15) is 41.3 Å². The van der Waals surface area contributed by atoms with Gasteiger partial charge < -0.3 is 4.90 Å². The fourth-order valence-electron chi connectivity index (χ4n) is 3.73. The predicted octanol–water partition coefficient (Wildman–Crippen LogP) is 3.81. The number of nitrogens with one attached hydrogen (secondary N) is 2. The van der Waals surface area contributed by atoms with Crippen LogP contribution in [0.15, 0.2) is 52.9 Å². The lowest BCUT2D eigenvalue weighted by atomic mass is 9.99. The lowest BCUT2D eigenvalue weighted by Crippen LogP contribution is -2.34. The molecular formula is C23H27N5O3S2. The van der Waals surface area contributed by atoms with E-state index in [0.717, 1.165) is 41.2 Å². The van der Waals surface area contributed by atoms with E-state index in [9.17, 15) is 13.2 Å². The Morgan fingerprint density at radius 3 is 2.55 bits per heavy atom. The van der Waals surface area contributed by atoms with Gasteiger partial charge in [0.2, 0.25) is 9.47 Å². The fraction of sp³-hybridized carbons (Fsp3) is 0.348. The van der Waals surface area contributed by atoms with Crippen LogP contribution in [0.3, 0.4) is 0 Å². The maximum atomic E-state index is 12.6. The highest BCUT2D eigenvalue weighted by Crippen LogP contribution is 2.24. The summed E-state index contributed by atoms with van der Waals surface area (Å²) in [7, 11) is -3.85. The van der Waals surface area contributed by atoms with E-state index < -0.39 is 10.0 Å². The molecular weight excluding hydrogens is 458 g/mol. The van der Waals surface area contributed by atoms with Gasteiger partial charge in [0.15, 0.2) is 0 Å². The van der Waals surface area contributed by atoms with E-state index in [1.165, 1.54) is 12.8 Å². The third-order valence-electron chi connectivity index (χ3n) is 5.60. The van der Waals surface area contributed by atoms with Gasteiger partial charge in [-0.15, -0.1) is 10.2 Å². The van der Waals surface area contributed by atoms with Crippen molar-refractivity contribution in [3.05, 3.63) is 65.2 Å². The number of aromatic nitrogens is 2. The van der Waals surface area contributed by atoms with Crippen LogP contribution in [-0.4, -0.2) is 37.6 Å². The van der Waals surface area contributed by atoms with Gasteiger partial charge in [-0.05, 0) is 55.5 Å². The number of piperidine rings is 1. The first-order valence-electron chi connectivity index (χ1n) is 10.9. The van der Waals surface area contributed by atoms with Crippen LogP contribution in [0, 0.1) is 12.8 Å². The molecule has 8 nitrogen and oxygen atoms in total. The molecule has 1 atom stereocenters. The van der Waals surface area contributed by atoms with Gasteiger partial charge in [0, 0.05) is 30.9 Å². The first-order chi connectivity index (χ1) is 15.8.